The molecule has 0 radical (unpaired) electrons. The number of nitriles is 2. The molecule has 18 heavy (non-hydrogen) atoms. The molecule has 1 aliphatic heterocycles. The van der Waals surface area contributed by atoms with Crippen LogP contribution in [0, 0.1) is 22.7 Å². The minimum Gasteiger partial charge on any atom is -0.334 e. The van der Waals surface area contributed by atoms with Gasteiger partial charge in [0.2, 0.25) is 5.71 Å². The maximum atomic E-state index is 11.2. The molecule has 0 fully saturated rings. The Bertz CT molecular complexity index is 591. The van der Waals surface area contributed by atoms with Crippen LogP contribution in [0.3, 0.4) is 0 Å². The quantitative estimate of drug-likeness (QED) is 0.531. The number of amides is 2. The fraction of sp³-hybridized carbons (Fsp3) is 0.0909. The molecule has 0 aromatic heterocycles. The smallest absolute Gasteiger partial charge is 0.319 e. The number of hydrogen-bond donors (Lipinski definition) is 3. The van der Waals surface area contributed by atoms with E-state index in [1.807, 2.05) is 6.07 Å². The average molecular weight is 240 g/mol. The number of nitrogens with zero attached hydrogens (tertiary/aromatic N) is 3. The fourth-order valence-corrected chi connectivity index (χ4v) is 1.51. The highest BCUT2D eigenvalue weighted by molar-refractivity contribution is 6.10. The standard InChI is InChI=1S/C11H8N6O/c12-4-8(5-13)16-17-9-3-1-2-7-6-14-11(18)15-10(7)9/h1-3,17H,6H2,(H2,14,15,18). The van der Waals surface area contributed by atoms with Gasteiger partial charge in [0.1, 0.15) is 12.1 Å². The summed E-state index contributed by atoms with van der Waals surface area (Å²) in [4.78, 5) is 11.2. The number of nitrogens with one attached hydrogen (secondary N) is 3. The summed E-state index contributed by atoms with van der Waals surface area (Å²) in [5.41, 5.74) is 4.34. The van der Waals surface area contributed by atoms with E-state index in [4.69, 9.17) is 10.5 Å². The van der Waals surface area contributed by atoms with E-state index in [1.54, 1.807) is 24.3 Å². The molecule has 0 unspecified atom stereocenters. The van der Waals surface area contributed by atoms with Crippen LogP contribution in [0.25, 0.3) is 0 Å². The Labute approximate surface area is 103 Å². The van der Waals surface area contributed by atoms with E-state index in [2.05, 4.69) is 21.2 Å². The topological polar surface area (TPSA) is 113 Å². The van der Waals surface area contributed by atoms with Gasteiger partial charge in [0, 0.05) is 6.54 Å². The third-order valence-corrected chi connectivity index (χ3v) is 2.33. The van der Waals surface area contributed by atoms with Crippen LogP contribution < -0.4 is 16.1 Å². The molecule has 2 amide bonds. The minimum atomic E-state index is -0.304. The molecule has 0 spiro atoms. The van der Waals surface area contributed by atoms with Crippen LogP contribution in [-0.4, -0.2) is 11.7 Å². The summed E-state index contributed by atoms with van der Waals surface area (Å²) >= 11 is 0. The van der Waals surface area contributed by atoms with Gasteiger partial charge in [-0.05, 0) is 11.6 Å². The summed E-state index contributed by atoms with van der Waals surface area (Å²) in [5.74, 6) is 0. The zero-order valence-corrected chi connectivity index (χ0v) is 9.19. The third-order valence-electron chi connectivity index (χ3n) is 2.33. The maximum Gasteiger partial charge on any atom is 0.319 e. The van der Waals surface area contributed by atoms with Gasteiger partial charge < -0.3 is 10.6 Å². The van der Waals surface area contributed by atoms with Crippen molar-refractivity contribution in [3.63, 3.8) is 0 Å². The summed E-state index contributed by atoms with van der Waals surface area (Å²) in [5, 5.41) is 26.0. The zero-order valence-electron chi connectivity index (χ0n) is 9.19. The predicted octanol–water partition coefficient (Wildman–Crippen LogP) is 1.14. The van der Waals surface area contributed by atoms with Crippen molar-refractivity contribution in [3.8, 4) is 12.1 Å². The van der Waals surface area contributed by atoms with E-state index in [-0.39, 0.29) is 11.7 Å². The Morgan fingerprint density at radius 3 is 2.89 bits per heavy atom. The average Bonchev–Trinajstić information content (AvgIpc) is 2.40. The highest BCUT2D eigenvalue weighted by Crippen LogP contribution is 2.28. The van der Waals surface area contributed by atoms with E-state index in [1.165, 1.54) is 0 Å². The van der Waals surface area contributed by atoms with Gasteiger partial charge in [-0.25, -0.2) is 4.79 Å². The van der Waals surface area contributed by atoms with Crippen molar-refractivity contribution in [3.05, 3.63) is 23.8 Å². The van der Waals surface area contributed by atoms with Crippen LogP contribution >= 0.6 is 0 Å². The van der Waals surface area contributed by atoms with Gasteiger partial charge in [0.15, 0.2) is 0 Å². The molecule has 88 valence electrons. The van der Waals surface area contributed by atoms with E-state index >= 15 is 0 Å². The molecule has 2 rings (SSSR count). The van der Waals surface area contributed by atoms with Crippen LogP contribution in [0.15, 0.2) is 23.3 Å². The Morgan fingerprint density at radius 1 is 1.39 bits per heavy atom. The molecule has 7 heteroatoms. The summed E-state index contributed by atoms with van der Waals surface area (Å²) < 4.78 is 0. The monoisotopic (exact) mass is 240 g/mol. The van der Waals surface area contributed by atoms with Crippen molar-refractivity contribution in [2.24, 2.45) is 5.10 Å². The molecule has 3 N–H and O–H groups in total. The van der Waals surface area contributed by atoms with Gasteiger partial charge in [-0.15, -0.1) is 0 Å². The molecule has 1 aromatic carbocycles. The number of rotatable bonds is 2. The highest BCUT2D eigenvalue weighted by atomic mass is 16.2. The molecular weight excluding hydrogens is 232 g/mol. The minimum absolute atomic E-state index is 0.284. The van der Waals surface area contributed by atoms with Crippen LogP contribution in [-0.2, 0) is 6.54 Å². The lowest BCUT2D eigenvalue weighted by atomic mass is 10.1. The number of hydrogen-bond acceptors (Lipinski definition) is 5. The Kier molecular flexibility index (Phi) is 3.08. The van der Waals surface area contributed by atoms with Crippen molar-refractivity contribution in [1.29, 1.82) is 10.5 Å². The summed E-state index contributed by atoms with van der Waals surface area (Å²) in [6.07, 6.45) is 0. The zero-order chi connectivity index (χ0) is 13.0. The summed E-state index contributed by atoms with van der Waals surface area (Å²) in [6.45, 7) is 0.420. The van der Waals surface area contributed by atoms with Crippen LogP contribution in [0.2, 0.25) is 0 Å². The van der Waals surface area contributed by atoms with E-state index in [0.29, 0.717) is 17.9 Å². The predicted molar refractivity (Wildman–Crippen MR) is 64.6 cm³/mol. The van der Waals surface area contributed by atoms with Crippen molar-refractivity contribution in [1.82, 2.24) is 5.32 Å². The van der Waals surface area contributed by atoms with Gasteiger partial charge in [0.25, 0.3) is 0 Å². The summed E-state index contributed by atoms with van der Waals surface area (Å²) in [6, 6.07) is 8.30. The number of urea groups is 1. The Hall–Kier alpha value is -3.06. The molecule has 1 aliphatic rings. The molecule has 0 saturated heterocycles. The second kappa shape index (κ2) is 4.85. The number of carbonyl (C=O) groups is 1. The molecular formula is C11H8N6O. The van der Waals surface area contributed by atoms with Gasteiger partial charge in [-0.3, -0.25) is 5.43 Å². The normalized spacial score (nSPS) is 12.0. The lowest BCUT2D eigenvalue weighted by Gasteiger charge is -2.20. The molecule has 1 aromatic rings. The SMILES string of the molecule is N#CC(C#N)=NNc1cccc2c1NC(=O)NC2. The lowest BCUT2D eigenvalue weighted by Crippen LogP contribution is -2.33. The first kappa shape index (κ1) is 11.4. The third kappa shape index (κ3) is 2.20. The molecule has 7 nitrogen and oxygen atoms in total. The largest absolute Gasteiger partial charge is 0.334 e. The summed E-state index contributed by atoms with van der Waals surface area (Å²) in [7, 11) is 0. The van der Waals surface area contributed by atoms with Gasteiger partial charge in [-0.1, -0.05) is 12.1 Å². The number of benzene rings is 1. The molecule has 1 heterocycles. The van der Waals surface area contributed by atoms with Crippen molar-refractivity contribution in [2.45, 2.75) is 6.54 Å². The van der Waals surface area contributed by atoms with Gasteiger partial charge in [-0.2, -0.15) is 15.6 Å². The van der Waals surface area contributed by atoms with Crippen molar-refractivity contribution in [2.75, 3.05) is 10.7 Å². The first-order valence-corrected chi connectivity index (χ1v) is 5.05. The van der Waals surface area contributed by atoms with Gasteiger partial charge in [0.05, 0.1) is 11.4 Å². The molecule has 0 aliphatic carbocycles. The first-order chi connectivity index (χ1) is 8.74. The highest BCUT2D eigenvalue weighted by Gasteiger charge is 2.16. The number of fused-ring (bicyclic) bond motifs is 1. The van der Waals surface area contributed by atoms with Crippen LogP contribution in [0.5, 0.6) is 0 Å². The lowest BCUT2D eigenvalue weighted by molar-refractivity contribution is 0.251. The van der Waals surface area contributed by atoms with Crippen molar-refractivity contribution < 1.29 is 4.79 Å². The second-order valence-electron chi connectivity index (χ2n) is 3.44. The van der Waals surface area contributed by atoms with E-state index in [0.717, 1.165) is 5.56 Å². The maximum absolute atomic E-state index is 11.2. The van der Waals surface area contributed by atoms with Crippen LogP contribution in [0.4, 0.5) is 16.2 Å². The number of para-hydroxylation sites is 1. The molecule has 0 saturated carbocycles. The molecule has 0 bridgehead atoms. The fourth-order valence-electron chi connectivity index (χ4n) is 1.51. The first-order valence-electron chi connectivity index (χ1n) is 5.05. The van der Waals surface area contributed by atoms with Crippen molar-refractivity contribution >= 4 is 23.1 Å². The number of anilines is 2. The van der Waals surface area contributed by atoms with E-state index < -0.39 is 0 Å². The van der Waals surface area contributed by atoms with Crippen LogP contribution in [0.1, 0.15) is 5.56 Å². The molecule has 0 atom stereocenters. The number of hydrazone groups is 1. The Morgan fingerprint density at radius 2 is 2.17 bits per heavy atom. The van der Waals surface area contributed by atoms with E-state index in [9.17, 15) is 4.79 Å². The Balaban J connectivity index is 2.31. The number of carbonyl (C=O) groups excluding carboxylic acids is 1. The van der Waals surface area contributed by atoms with Gasteiger partial charge >= 0.3 is 6.03 Å². The second-order valence-corrected chi connectivity index (χ2v) is 3.44.